The molecule has 100 valence electrons. The van der Waals surface area contributed by atoms with Crippen LogP contribution in [0, 0.1) is 11.7 Å². The minimum atomic E-state index is -0.823. The highest BCUT2D eigenvalue weighted by atomic mass is 19.1. The Balaban J connectivity index is 2.43. The number of amides is 1. The van der Waals surface area contributed by atoms with Crippen LogP contribution in [0.5, 0.6) is 0 Å². The Hall–Kier alpha value is -1.46. The molecule has 0 heterocycles. The van der Waals surface area contributed by atoms with E-state index in [1.807, 2.05) is 0 Å². The van der Waals surface area contributed by atoms with Crippen LogP contribution in [0.2, 0.25) is 0 Å². The van der Waals surface area contributed by atoms with Crippen molar-refractivity contribution in [1.82, 2.24) is 10.6 Å². The predicted octanol–water partition coefficient (Wildman–Crippen LogP) is 0.831. The monoisotopic (exact) mass is 254 g/mol. The molecule has 3 N–H and O–H groups in total. The van der Waals surface area contributed by atoms with E-state index in [1.54, 1.807) is 14.0 Å². The molecule has 0 spiro atoms. The van der Waals surface area contributed by atoms with E-state index in [9.17, 15) is 14.3 Å². The van der Waals surface area contributed by atoms with Crippen LogP contribution in [0.25, 0.3) is 0 Å². The average Bonchev–Trinajstić information content (AvgIpc) is 2.36. The van der Waals surface area contributed by atoms with Crippen LogP contribution < -0.4 is 10.6 Å². The lowest BCUT2D eigenvalue weighted by atomic mass is 10.1. The Kier molecular flexibility index (Phi) is 5.74. The van der Waals surface area contributed by atoms with Gasteiger partial charge in [-0.05, 0) is 24.7 Å². The van der Waals surface area contributed by atoms with Gasteiger partial charge in [0.05, 0.1) is 6.10 Å². The fraction of sp³-hybridized carbons (Fsp3) is 0.462. The molecule has 5 heteroatoms. The SMILES string of the molecule is CNCC(C)C(=O)NCC(O)c1ccc(F)cc1. The van der Waals surface area contributed by atoms with Crippen molar-refractivity contribution in [3.63, 3.8) is 0 Å². The van der Waals surface area contributed by atoms with Gasteiger partial charge in [0.1, 0.15) is 5.82 Å². The number of aliphatic hydroxyl groups is 1. The number of halogens is 1. The number of carbonyl (C=O) groups excluding carboxylic acids is 1. The normalized spacial score (nSPS) is 14.0. The summed E-state index contributed by atoms with van der Waals surface area (Å²) in [5.74, 6) is -0.626. The minimum absolute atomic E-state index is 0.120. The van der Waals surface area contributed by atoms with Gasteiger partial charge in [-0.2, -0.15) is 0 Å². The molecule has 0 fully saturated rings. The summed E-state index contributed by atoms with van der Waals surface area (Å²) in [6, 6.07) is 5.57. The second-order valence-electron chi connectivity index (χ2n) is 4.27. The number of benzene rings is 1. The van der Waals surface area contributed by atoms with Gasteiger partial charge in [0.2, 0.25) is 5.91 Å². The second-order valence-corrected chi connectivity index (χ2v) is 4.27. The zero-order chi connectivity index (χ0) is 13.5. The second kappa shape index (κ2) is 7.08. The molecule has 18 heavy (non-hydrogen) atoms. The van der Waals surface area contributed by atoms with E-state index < -0.39 is 6.10 Å². The van der Waals surface area contributed by atoms with Gasteiger partial charge in [-0.15, -0.1) is 0 Å². The first-order valence-corrected chi connectivity index (χ1v) is 5.90. The number of rotatable bonds is 6. The van der Waals surface area contributed by atoms with Gasteiger partial charge in [0, 0.05) is 19.0 Å². The number of hydrogen-bond donors (Lipinski definition) is 3. The van der Waals surface area contributed by atoms with Crippen molar-refractivity contribution in [2.45, 2.75) is 13.0 Å². The van der Waals surface area contributed by atoms with Gasteiger partial charge < -0.3 is 15.7 Å². The molecule has 2 unspecified atom stereocenters. The first-order chi connectivity index (χ1) is 8.54. The van der Waals surface area contributed by atoms with Crippen molar-refractivity contribution in [2.24, 2.45) is 5.92 Å². The highest BCUT2D eigenvalue weighted by Crippen LogP contribution is 2.12. The summed E-state index contributed by atoms with van der Waals surface area (Å²) in [6.07, 6.45) is -0.823. The Bertz CT molecular complexity index is 381. The molecular weight excluding hydrogens is 235 g/mol. The molecule has 0 saturated heterocycles. The molecule has 0 aliphatic carbocycles. The lowest BCUT2D eigenvalue weighted by Crippen LogP contribution is -2.36. The van der Waals surface area contributed by atoms with Gasteiger partial charge in [0.15, 0.2) is 0 Å². The molecule has 1 aromatic rings. The number of carbonyl (C=O) groups is 1. The minimum Gasteiger partial charge on any atom is -0.387 e. The average molecular weight is 254 g/mol. The lowest BCUT2D eigenvalue weighted by Gasteiger charge is -2.15. The highest BCUT2D eigenvalue weighted by molar-refractivity contribution is 5.78. The molecule has 1 aromatic carbocycles. The van der Waals surface area contributed by atoms with Crippen LogP contribution in [0.15, 0.2) is 24.3 Å². The topological polar surface area (TPSA) is 61.4 Å². The van der Waals surface area contributed by atoms with Crippen molar-refractivity contribution in [3.8, 4) is 0 Å². The molecule has 0 saturated carbocycles. The van der Waals surface area contributed by atoms with E-state index in [-0.39, 0.29) is 24.2 Å². The van der Waals surface area contributed by atoms with Gasteiger partial charge in [0.25, 0.3) is 0 Å². The van der Waals surface area contributed by atoms with Gasteiger partial charge in [-0.1, -0.05) is 19.1 Å². The summed E-state index contributed by atoms with van der Waals surface area (Å²) in [4.78, 5) is 11.6. The molecule has 1 rings (SSSR count). The maximum absolute atomic E-state index is 12.7. The summed E-state index contributed by atoms with van der Waals surface area (Å²) >= 11 is 0. The Morgan fingerprint density at radius 2 is 1.94 bits per heavy atom. The molecule has 0 bridgehead atoms. The molecule has 0 radical (unpaired) electrons. The van der Waals surface area contributed by atoms with Crippen molar-refractivity contribution in [3.05, 3.63) is 35.6 Å². The molecule has 0 aliphatic rings. The predicted molar refractivity (Wildman–Crippen MR) is 67.5 cm³/mol. The van der Waals surface area contributed by atoms with Crippen LogP contribution in [0.3, 0.4) is 0 Å². The Labute approximate surface area is 106 Å². The summed E-state index contributed by atoms with van der Waals surface area (Å²) in [5.41, 5.74) is 0.581. The quantitative estimate of drug-likeness (QED) is 0.704. The summed E-state index contributed by atoms with van der Waals surface area (Å²) in [7, 11) is 1.77. The van der Waals surface area contributed by atoms with E-state index >= 15 is 0 Å². The smallest absolute Gasteiger partial charge is 0.224 e. The van der Waals surface area contributed by atoms with E-state index in [0.717, 1.165) is 0 Å². The maximum Gasteiger partial charge on any atom is 0.224 e. The van der Waals surface area contributed by atoms with Gasteiger partial charge >= 0.3 is 0 Å². The number of nitrogens with one attached hydrogen (secondary N) is 2. The summed E-state index contributed by atoms with van der Waals surface area (Å²) in [5, 5.41) is 15.4. The van der Waals surface area contributed by atoms with E-state index in [0.29, 0.717) is 12.1 Å². The van der Waals surface area contributed by atoms with E-state index in [2.05, 4.69) is 10.6 Å². The zero-order valence-electron chi connectivity index (χ0n) is 10.6. The summed E-state index contributed by atoms with van der Waals surface area (Å²) in [6.45, 7) is 2.51. The largest absolute Gasteiger partial charge is 0.387 e. The molecule has 1 amide bonds. The Morgan fingerprint density at radius 3 is 2.50 bits per heavy atom. The fourth-order valence-corrected chi connectivity index (χ4v) is 1.57. The first-order valence-electron chi connectivity index (χ1n) is 5.90. The standard InChI is InChI=1S/C13H19FN2O2/c1-9(7-15-2)13(18)16-8-12(17)10-3-5-11(14)6-4-10/h3-6,9,12,15,17H,7-8H2,1-2H3,(H,16,18). The molecule has 0 aromatic heterocycles. The van der Waals surface area contributed by atoms with Gasteiger partial charge in [-0.3, -0.25) is 4.79 Å². The van der Waals surface area contributed by atoms with Crippen LogP contribution in [0.1, 0.15) is 18.6 Å². The van der Waals surface area contributed by atoms with Crippen LogP contribution in [0.4, 0.5) is 4.39 Å². The third-order valence-electron chi connectivity index (χ3n) is 2.68. The highest BCUT2D eigenvalue weighted by Gasteiger charge is 2.14. The third-order valence-corrected chi connectivity index (χ3v) is 2.68. The van der Waals surface area contributed by atoms with Crippen molar-refractivity contribution >= 4 is 5.91 Å². The van der Waals surface area contributed by atoms with Crippen molar-refractivity contribution in [1.29, 1.82) is 0 Å². The number of hydrogen-bond acceptors (Lipinski definition) is 3. The van der Waals surface area contributed by atoms with E-state index in [1.165, 1.54) is 24.3 Å². The van der Waals surface area contributed by atoms with Crippen LogP contribution in [-0.2, 0) is 4.79 Å². The first kappa shape index (κ1) is 14.6. The van der Waals surface area contributed by atoms with Crippen LogP contribution >= 0.6 is 0 Å². The lowest BCUT2D eigenvalue weighted by molar-refractivity contribution is -0.124. The zero-order valence-corrected chi connectivity index (χ0v) is 10.6. The maximum atomic E-state index is 12.7. The fourth-order valence-electron chi connectivity index (χ4n) is 1.57. The Morgan fingerprint density at radius 1 is 1.33 bits per heavy atom. The third kappa shape index (κ3) is 4.43. The summed E-state index contributed by atoms with van der Waals surface area (Å²) < 4.78 is 12.7. The molecular formula is C13H19FN2O2. The van der Waals surface area contributed by atoms with Gasteiger partial charge in [-0.25, -0.2) is 4.39 Å². The molecule has 2 atom stereocenters. The van der Waals surface area contributed by atoms with Crippen molar-refractivity contribution < 1.29 is 14.3 Å². The van der Waals surface area contributed by atoms with Crippen molar-refractivity contribution in [2.75, 3.05) is 20.1 Å². The van der Waals surface area contributed by atoms with Crippen LogP contribution in [-0.4, -0.2) is 31.2 Å². The number of aliphatic hydroxyl groups excluding tert-OH is 1. The molecule has 0 aliphatic heterocycles. The molecule has 4 nitrogen and oxygen atoms in total. The van der Waals surface area contributed by atoms with E-state index in [4.69, 9.17) is 0 Å².